The molecule has 1 heterocycles. The molecule has 0 unspecified atom stereocenters. The van der Waals surface area contributed by atoms with E-state index < -0.39 is 17.6 Å². The normalized spacial score (nSPS) is 10.2. The summed E-state index contributed by atoms with van der Waals surface area (Å²) in [5.74, 6) is -2.60. The van der Waals surface area contributed by atoms with Gasteiger partial charge in [-0.05, 0) is 12.1 Å². The molecule has 1 aromatic heterocycles. The van der Waals surface area contributed by atoms with Gasteiger partial charge in [-0.1, -0.05) is 12.1 Å². The fourth-order valence-electron chi connectivity index (χ4n) is 1.75. The van der Waals surface area contributed by atoms with Crippen LogP contribution in [0.4, 0.5) is 8.78 Å². The summed E-state index contributed by atoms with van der Waals surface area (Å²) >= 11 is 0. The highest BCUT2D eigenvalue weighted by molar-refractivity contribution is 5.93. The number of rotatable bonds is 3. The number of hydrogen-bond acceptors (Lipinski definition) is 4. The number of carbonyl (C=O) groups excluding carboxylic acids is 1. The van der Waals surface area contributed by atoms with Crippen molar-refractivity contribution in [2.24, 2.45) is 0 Å². The number of benzene rings is 1. The second-order valence-electron chi connectivity index (χ2n) is 3.87. The van der Waals surface area contributed by atoms with E-state index in [2.05, 4.69) is 9.72 Å². The van der Waals surface area contributed by atoms with Crippen molar-refractivity contribution in [3.05, 3.63) is 47.7 Å². The highest BCUT2D eigenvalue weighted by Crippen LogP contribution is 2.27. The van der Waals surface area contributed by atoms with Gasteiger partial charge in [0.2, 0.25) is 5.88 Å². The number of aromatic nitrogens is 1. The van der Waals surface area contributed by atoms with Gasteiger partial charge in [-0.2, -0.15) is 0 Å². The third-order valence-electron chi connectivity index (χ3n) is 2.71. The quantitative estimate of drug-likeness (QED) is 0.811. The van der Waals surface area contributed by atoms with Crippen LogP contribution in [-0.2, 0) is 4.74 Å². The predicted octanol–water partition coefficient (Wildman–Crippen LogP) is 2.82. The number of pyridine rings is 1. The molecule has 0 N–H and O–H groups in total. The SMILES string of the molecule is COC(=O)c1cc(-c2cccc(F)c2F)cnc1OC. The summed E-state index contributed by atoms with van der Waals surface area (Å²) in [7, 11) is 2.55. The first-order valence-electron chi connectivity index (χ1n) is 5.65. The van der Waals surface area contributed by atoms with Crippen LogP contribution in [0, 0.1) is 11.6 Å². The zero-order valence-corrected chi connectivity index (χ0v) is 10.8. The maximum Gasteiger partial charge on any atom is 0.343 e. The van der Waals surface area contributed by atoms with E-state index in [0.717, 1.165) is 6.07 Å². The molecule has 1 aromatic carbocycles. The molecule has 0 radical (unpaired) electrons. The molecular formula is C14H11F2NO3. The van der Waals surface area contributed by atoms with Crippen LogP contribution >= 0.6 is 0 Å². The van der Waals surface area contributed by atoms with Gasteiger partial charge in [0.15, 0.2) is 11.6 Å². The lowest BCUT2D eigenvalue weighted by Gasteiger charge is -2.09. The van der Waals surface area contributed by atoms with Gasteiger partial charge in [0.05, 0.1) is 14.2 Å². The van der Waals surface area contributed by atoms with E-state index in [4.69, 9.17) is 4.74 Å². The Hall–Kier alpha value is -2.50. The van der Waals surface area contributed by atoms with Crippen LogP contribution < -0.4 is 4.74 Å². The van der Waals surface area contributed by atoms with Crippen LogP contribution in [0.25, 0.3) is 11.1 Å². The summed E-state index contributed by atoms with van der Waals surface area (Å²) < 4.78 is 36.5. The smallest absolute Gasteiger partial charge is 0.343 e. The minimum Gasteiger partial charge on any atom is -0.480 e. The topological polar surface area (TPSA) is 48.4 Å². The Bertz CT molecular complexity index is 659. The van der Waals surface area contributed by atoms with Crippen molar-refractivity contribution in [1.82, 2.24) is 4.98 Å². The molecule has 0 saturated carbocycles. The summed E-state index contributed by atoms with van der Waals surface area (Å²) in [5.41, 5.74) is 0.296. The number of ether oxygens (including phenoxy) is 2. The molecule has 0 spiro atoms. The summed E-state index contributed by atoms with van der Waals surface area (Å²) in [6, 6.07) is 5.12. The summed E-state index contributed by atoms with van der Waals surface area (Å²) in [6.45, 7) is 0. The van der Waals surface area contributed by atoms with Crippen molar-refractivity contribution in [3.63, 3.8) is 0 Å². The number of halogens is 2. The Balaban J connectivity index is 2.59. The van der Waals surface area contributed by atoms with E-state index >= 15 is 0 Å². The highest BCUT2D eigenvalue weighted by Gasteiger charge is 2.17. The Morgan fingerprint density at radius 2 is 2.00 bits per heavy atom. The standard InChI is InChI=1S/C14H11F2NO3/c1-19-13-10(14(18)20-2)6-8(7-17-13)9-4-3-5-11(15)12(9)16/h3-7H,1-2H3. The van der Waals surface area contributed by atoms with Crippen molar-refractivity contribution in [3.8, 4) is 17.0 Å². The fourth-order valence-corrected chi connectivity index (χ4v) is 1.75. The number of nitrogens with zero attached hydrogens (tertiary/aromatic N) is 1. The molecule has 0 amide bonds. The Labute approximate surface area is 114 Å². The van der Waals surface area contributed by atoms with Crippen LogP contribution in [0.5, 0.6) is 5.88 Å². The molecule has 0 aliphatic heterocycles. The number of esters is 1. The van der Waals surface area contributed by atoms with Crippen molar-refractivity contribution in [2.75, 3.05) is 14.2 Å². The molecule has 0 saturated heterocycles. The Kier molecular flexibility index (Phi) is 3.93. The minimum absolute atomic E-state index is 0.00491. The second kappa shape index (κ2) is 5.64. The highest BCUT2D eigenvalue weighted by atomic mass is 19.2. The van der Waals surface area contributed by atoms with Crippen LogP contribution in [-0.4, -0.2) is 25.2 Å². The molecule has 0 aliphatic rings. The van der Waals surface area contributed by atoms with E-state index in [1.165, 1.54) is 38.6 Å². The molecule has 0 aliphatic carbocycles. The van der Waals surface area contributed by atoms with E-state index in [1.54, 1.807) is 0 Å². The lowest BCUT2D eigenvalue weighted by Crippen LogP contribution is -2.06. The summed E-state index contributed by atoms with van der Waals surface area (Å²) in [6.07, 6.45) is 1.29. The third kappa shape index (κ3) is 2.45. The van der Waals surface area contributed by atoms with E-state index in [-0.39, 0.29) is 22.6 Å². The van der Waals surface area contributed by atoms with E-state index in [1.807, 2.05) is 0 Å². The maximum absolute atomic E-state index is 13.7. The molecule has 104 valence electrons. The van der Waals surface area contributed by atoms with Gasteiger partial charge in [-0.3, -0.25) is 0 Å². The average Bonchev–Trinajstić information content (AvgIpc) is 2.48. The largest absolute Gasteiger partial charge is 0.480 e. The molecule has 4 nitrogen and oxygen atoms in total. The Morgan fingerprint density at radius 3 is 2.65 bits per heavy atom. The van der Waals surface area contributed by atoms with Gasteiger partial charge < -0.3 is 9.47 Å². The molecule has 20 heavy (non-hydrogen) atoms. The molecule has 0 bridgehead atoms. The van der Waals surface area contributed by atoms with Crippen LogP contribution in [0.15, 0.2) is 30.5 Å². The molecule has 2 rings (SSSR count). The van der Waals surface area contributed by atoms with Gasteiger partial charge in [-0.15, -0.1) is 0 Å². The lowest BCUT2D eigenvalue weighted by atomic mass is 10.0. The van der Waals surface area contributed by atoms with Gasteiger partial charge in [0.1, 0.15) is 5.56 Å². The van der Waals surface area contributed by atoms with Crippen molar-refractivity contribution in [1.29, 1.82) is 0 Å². The first-order valence-corrected chi connectivity index (χ1v) is 5.65. The second-order valence-corrected chi connectivity index (χ2v) is 3.87. The Morgan fingerprint density at radius 1 is 1.25 bits per heavy atom. The van der Waals surface area contributed by atoms with Crippen molar-refractivity contribution in [2.45, 2.75) is 0 Å². The predicted molar refractivity (Wildman–Crippen MR) is 67.5 cm³/mol. The molecule has 0 fully saturated rings. The summed E-state index contributed by atoms with van der Waals surface area (Å²) in [5, 5.41) is 0. The van der Waals surface area contributed by atoms with E-state index in [9.17, 15) is 13.6 Å². The number of hydrogen-bond donors (Lipinski definition) is 0. The first kappa shape index (κ1) is 13.9. The molecular weight excluding hydrogens is 268 g/mol. The van der Waals surface area contributed by atoms with Crippen LogP contribution in [0.2, 0.25) is 0 Å². The average molecular weight is 279 g/mol. The lowest BCUT2D eigenvalue weighted by molar-refractivity contribution is 0.0596. The van der Waals surface area contributed by atoms with Crippen LogP contribution in [0.1, 0.15) is 10.4 Å². The molecule has 0 atom stereocenters. The van der Waals surface area contributed by atoms with Crippen molar-refractivity contribution >= 4 is 5.97 Å². The van der Waals surface area contributed by atoms with Gasteiger partial charge in [0, 0.05) is 17.3 Å². The fraction of sp³-hybridized carbons (Fsp3) is 0.143. The van der Waals surface area contributed by atoms with Crippen LogP contribution in [0.3, 0.4) is 0 Å². The van der Waals surface area contributed by atoms with Gasteiger partial charge in [-0.25, -0.2) is 18.6 Å². The number of methoxy groups -OCH3 is 2. The minimum atomic E-state index is -1.00. The van der Waals surface area contributed by atoms with Gasteiger partial charge >= 0.3 is 5.97 Å². The maximum atomic E-state index is 13.7. The monoisotopic (exact) mass is 279 g/mol. The third-order valence-corrected chi connectivity index (χ3v) is 2.71. The molecule has 2 aromatic rings. The molecule has 6 heteroatoms. The first-order chi connectivity index (χ1) is 9.58. The zero-order chi connectivity index (χ0) is 14.7. The zero-order valence-electron chi connectivity index (χ0n) is 10.8. The van der Waals surface area contributed by atoms with Crippen molar-refractivity contribution < 1.29 is 23.0 Å². The number of carbonyl (C=O) groups is 1. The summed E-state index contributed by atoms with van der Waals surface area (Å²) in [4.78, 5) is 15.5. The van der Waals surface area contributed by atoms with E-state index in [0.29, 0.717) is 0 Å². The van der Waals surface area contributed by atoms with Gasteiger partial charge in [0.25, 0.3) is 0 Å².